The van der Waals surface area contributed by atoms with E-state index in [1.807, 2.05) is 18.2 Å². The third-order valence-electron chi connectivity index (χ3n) is 3.53. The lowest BCUT2D eigenvalue weighted by molar-refractivity contribution is 0.256. The van der Waals surface area contributed by atoms with Crippen molar-refractivity contribution in [2.45, 2.75) is 12.8 Å². The van der Waals surface area contributed by atoms with E-state index in [0.29, 0.717) is 22.3 Å². The van der Waals surface area contributed by atoms with Gasteiger partial charge in [0.15, 0.2) is 0 Å². The number of amides is 2. The van der Waals surface area contributed by atoms with E-state index in [1.165, 1.54) is 5.56 Å². The summed E-state index contributed by atoms with van der Waals surface area (Å²) in [5.74, 6) is 0. The van der Waals surface area contributed by atoms with E-state index >= 15 is 0 Å². The SMILES string of the molecule is O=C(Nc1ccc(Cl)cc1Cl)N1CCCc2ccccc21. The maximum absolute atomic E-state index is 12.5. The summed E-state index contributed by atoms with van der Waals surface area (Å²) in [6.45, 7) is 0.702. The molecule has 0 fully saturated rings. The first-order valence-electron chi connectivity index (χ1n) is 6.76. The highest BCUT2D eigenvalue weighted by Crippen LogP contribution is 2.29. The van der Waals surface area contributed by atoms with Crippen LogP contribution in [0.2, 0.25) is 10.0 Å². The summed E-state index contributed by atoms with van der Waals surface area (Å²) in [7, 11) is 0. The van der Waals surface area contributed by atoms with Crippen LogP contribution in [0.1, 0.15) is 12.0 Å². The largest absolute Gasteiger partial charge is 0.326 e. The zero-order valence-corrected chi connectivity index (χ0v) is 12.8. The van der Waals surface area contributed by atoms with Crippen LogP contribution in [0.3, 0.4) is 0 Å². The van der Waals surface area contributed by atoms with E-state index in [9.17, 15) is 4.79 Å². The van der Waals surface area contributed by atoms with Crippen LogP contribution in [0.4, 0.5) is 16.2 Å². The van der Waals surface area contributed by atoms with Gasteiger partial charge >= 0.3 is 6.03 Å². The molecule has 0 aromatic heterocycles. The topological polar surface area (TPSA) is 32.3 Å². The number of fused-ring (bicyclic) bond motifs is 1. The molecule has 1 heterocycles. The number of carbonyl (C=O) groups excluding carboxylic acids is 1. The van der Waals surface area contributed by atoms with Crippen molar-refractivity contribution in [1.82, 2.24) is 0 Å². The number of benzene rings is 2. The van der Waals surface area contributed by atoms with Crippen LogP contribution in [0.5, 0.6) is 0 Å². The molecule has 108 valence electrons. The first-order chi connectivity index (χ1) is 10.1. The minimum absolute atomic E-state index is 0.175. The summed E-state index contributed by atoms with van der Waals surface area (Å²) in [5, 5.41) is 3.82. The zero-order valence-electron chi connectivity index (χ0n) is 11.3. The number of hydrogen-bond acceptors (Lipinski definition) is 1. The number of urea groups is 1. The number of aryl methyl sites for hydroxylation is 1. The molecule has 3 nitrogen and oxygen atoms in total. The number of nitrogens with one attached hydrogen (secondary N) is 1. The smallest absolute Gasteiger partial charge is 0.306 e. The van der Waals surface area contributed by atoms with Crippen molar-refractivity contribution in [2.75, 3.05) is 16.8 Å². The molecule has 1 aliphatic rings. The first kappa shape index (κ1) is 14.2. The van der Waals surface area contributed by atoms with Gasteiger partial charge in [0.05, 0.1) is 10.7 Å². The number of nitrogens with zero attached hydrogens (tertiary/aromatic N) is 1. The van der Waals surface area contributed by atoms with Gasteiger partial charge in [0.2, 0.25) is 0 Å². The lowest BCUT2D eigenvalue weighted by Crippen LogP contribution is -2.38. The monoisotopic (exact) mass is 320 g/mol. The Hall–Kier alpha value is -1.71. The Kier molecular flexibility index (Phi) is 4.04. The lowest BCUT2D eigenvalue weighted by Gasteiger charge is -2.29. The standard InChI is InChI=1S/C16H14Cl2N2O/c17-12-7-8-14(13(18)10-12)19-16(21)20-9-3-5-11-4-1-2-6-15(11)20/h1-2,4,6-8,10H,3,5,9H2,(H,19,21). The first-order valence-corrected chi connectivity index (χ1v) is 7.52. The summed E-state index contributed by atoms with van der Waals surface area (Å²) < 4.78 is 0. The third-order valence-corrected chi connectivity index (χ3v) is 4.08. The van der Waals surface area contributed by atoms with Crippen LogP contribution in [-0.2, 0) is 6.42 Å². The molecular formula is C16H14Cl2N2O. The van der Waals surface area contributed by atoms with Crippen molar-refractivity contribution in [2.24, 2.45) is 0 Å². The number of anilines is 2. The highest BCUT2D eigenvalue weighted by Gasteiger charge is 2.22. The number of para-hydroxylation sites is 1. The molecule has 1 N–H and O–H groups in total. The Morgan fingerprint density at radius 2 is 1.95 bits per heavy atom. The van der Waals surface area contributed by atoms with Crippen LogP contribution in [0.25, 0.3) is 0 Å². The molecular weight excluding hydrogens is 307 g/mol. The van der Waals surface area contributed by atoms with Crippen molar-refractivity contribution in [3.63, 3.8) is 0 Å². The molecule has 0 aliphatic carbocycles. The summed E-state index contributed by atoms with van der Waals surface area (Å²) in [6.07, 6.45) is 1.96. The fraction of sp³-hybridized carbons (Fsp3) is 0.188. The van der Waals surface area contributed by atoms with Gasteiger partial charge in [-0.15, -0.1) is 0 Å². The molecule has 0 saturated carbocycles. The molecule has 3 rings (SSSR count). The maximum Gasteiger partial charge on any atom is 0.326 e. The van der Waals surface area contributed by atoms with Crippen molar-refractivity contribution in [3.05, 3.63) is 58.1 Å². The van der Waals surface area contributed by atoms with Crippen LogP contribution >= 0.6 is 23.2 Å². The summed E-state index contributed by atoms with van der Waals surface area (Å²) in [4.78, 5) is 14.2. The molecule has 0 unspecified atom stereocenters. The molecule has 5 heteroatoms. The summed E-state index contributed by atoms with van der Waals surface area (Å²) in [5.41, 5.74) is 2.72. The number of carbonyl (C=O) groups is 1. The molecule has 21 heavy (non-hydrogen) atoms. The second-order valence-electron chi connectivity index (χ2n) is 4.94. The summed E-state index contributed by atoms with van der Waals surface area (Å²) in [6, 6.07) is 12.8. The molecule has 0 saturated heterocycles. The van der Waals surface area contributed by atoms with Crippen LogP contribution < -0.4 is 10.2 Å². The predicted octanol–water partition coefficient (Wildman–Crippen LogP) is 4.98. The average Bonchev–Trinajstić information content (AvgIpc) is 2.49. The average molecular weight is 321 g/mol. The minimum atomic E-state index is -0.175. The van der Waals surface area contributed by atoms with E-state index in [-0.39, 0.29) is 6.03 Å². The lowest BCUT2D eigenvalue weighted by atomic mass is 10.0. The number of rotatable bonds is 1. The van der Waals surface area contributed by atoms with Gasteiger partial charge < -0.3 is 5.32 Å². The Bertz CT molecular complexity index is 688. The zero-order chi connectivity index (χ0) is 14.8. The van der Waals surface area contributed by atoms with E-state index in [0.717, 1.165) is 18.5 Å². The molecule has 0 radical (unpaired) electrons. The molecule has 1 aliphatic heterocycles. The Labute approximate surface area is 133 Å². The van der Waals surface area contributed by atoms with Crippen molar-refractivity contribution < 1.29 is 4.79 Å². The fourth-order valence-corrected chi connectivity index (χ4v) is 2.97. The highest BCUT2D eigenvalue weighted by atomic mass is 35.5. The minimum Gasteiger partial charge on any atom is -0.306 e. The van der Waals surface area contributed by atoms with Crippen molar-refractivity contribution >= 4 is 40.6 Å². The molecule has 0 spiro atoms. The normalized spacial score (nSPS) is 13.7. The van der Waals surface area contributed by atoms with Crippen molar-refractivity contribution in [3.8, 4) is 0 Å². The second kappa shape index (κ2) is 5.96. The van der Waals surface area contributed by atoms with Gasteiger partial charge in [-0.3, -0.25) is 4.90 Å². The molecule has 0 bridgehead atoms. The summed E-state index contributed by atoms with van der Waals surface area (Å²) >= 11 is 12.0. The van der Waals surface area contributed by atoms with E-state index < -0.39 is 0 Å². The highest BCUT2D eigenvalue weighted by molar-refractivity contribution is 6.36. The van der Waals surface area contributed by atoms with Gasteiger partial charge in [0.1, 0.15) is 0 Å². The molecule has 2 aromatic rings. The van der Waals surface area contributed by atoms with Gasteiger partial charge in [-0.25, -0.2) is 4.79 Å². The Balaban J connectivity index is 1.83. The quantitative estimate of drug-likeness (QED) is 0.789. The molecule has 2 aromatic carbocycles. The fourth-order valence-electron chi connectivity index (χ4n) is 2.52. The van der Waals surface area contributed by atoms with Gasteiger partial charge in [0, 0.05) is 17.3 Å². The van der Waals surface area contributed by atoms with E-state index in [4.69, 9.17) is 23.2 Å². The van der Waals surface area contributed by atoms with Gasteiger partial charge in [-0.1, -0.05) is 41.4 Å². The van der Waals surface area contributed by atoms with E-state index in [2.05, 4.69) is 11.4 Å². The van der Waals surface area contributed by atoms with Crippen LogP contribution in [0.15, 0.2) is 42.5 Å². The van der Waals surface area contributed by atoms with Crippen LogP contribution in [0, 0.1) is 0 Å². The predicted molar refractivity (Wildman–Crippen MR) is 87.6 cm³/mol. The molecule has 0 atom stereocenters. The van der Waals surface area contributed by atoms with E-state index in [1.54, 1.807) is 23.1 Å². The van der Waals surface area contributed by atoms with Gasteiger partial charge in [0.25, 0.3) is 0 Å². The maximum atomic E-state index is 12.5. The number of halogens is 2. The third kappa shape index (κ3) is 2.99. The van der Waals surface area contributed by atoms with Crippen molar-refractivity contribution in [1.29, 1.82) is 0 Å². The Morgan fingerprint density at radius 1 is 1.14 bits per heavy atom. The number of hydrogen-bond donors (Lipinski definition) is 1. The second-order valence-corrected chi connectivity index (χ2v) is 5.78. The Morgan fingerprint density at radius 3 is 2.76 bits per heavy atom. The van der Waals surface area contributed by atoms with Gasteiger partial charge in [-0.2, -0.15) is 0 Å². The van der Waals surface area contributed by atoms with Gasteiger partial charge in [-0.05, 0) is 42.7 Å². The van der Waals surface area contributed by atoms with Crippen LogP contribution in [-0.4, -0.2) is 12.6 Å². The molecule has 2 amide bonds.